The standard InChI is InChI=1S/C10H18N2O2/c1-7(2)11-12-10(14)8-5-3-4-6-9(8)13/h8-9,13H,3-6H2,1-2H3,(H,12,14)/t8-,9-/m1/s1. The fraction of sp³-hybridized carbons (Fsp3) is 0.800. The van der Waals surface area contributed by atoms with Gasteiger partial charge in [-0.05, 0) is 26.7 Å². The van der Waals surface area contributed by atoms with Crippen molar-refractivity contribution in [2.75, 3.05) is 0 Å². The van der Waals surface area contributed by atoms with Crippen molar-refractivity contribution in [2.45, 2.75) is 45.6 Å². The van der Waals surface area contributed by atoms with Crippen molar-refractivity contribution in [3.63, 3.8) is 0 Å². The number of hydrogen-bond acceptors (Lipinski definition) is 3. The summed E-state index contributed by atoms with van der Waals surface area (Å²) in [6, 6.07) is 0. The number of nitrogens with one attached hydrogen (secondary N) is 1. The van der Waals surface area contributed by atoms with E-state index in [9.17, 15) is 9.90 Å². The molecule has 1 amide bonds. The highest BCUT2D eigenvalue weighted by Crippen LogP contribution is 2.24. The van der Waals surface area contributed by atoms with Gasteiger partial charge in [-0.1, -0.05) is 12.8 Å². The lowest BCUT2D eigenvalue weighted by Gasteiger charge is -2.25. The molecular formula is C10H18N2O2. The lowest BCUT2D eigenvalue weighted by Crippen LogP contribution is -2.37. The maximum Gasteiger partial charge on any atom is 0.245 e. The first-order chi connectivity index (χ1) is 6.61. The molecule has 0 heterocycles. The van der Waals surface area contributed by atoms with Crippen LogP contribution in [0.5, 0.6) is 0 Å². The third-order valence-corrected chi connectivity index (χ3v) is 2.46. The van der Waals surface area contributed by atoms with Crippen LogP contribution in [0.4, 0.5) is 0 Å². The molecule has 0 saturated heterocycles. The van der Waals surface area contributed by atoms with Gasteiger partial charge in [0, 0.05) is 5.71 Å². The van der Waals surface area contributed by atoms with Crippen LogP contribution in [0.3, 0.4) is 0 Å². The molecule has 2 atom stereocenters. The van der Waals surface area contributed by atoms with E-state index in [0.29, 0.717) is 0 Å². The summed E-state index contributed by atoms with van der Waals surface area (Å²) in [6.45, 7) is 3.63. The Hall–Kier alpha value is -0.900. The molecule has 0 spiro atoms. The number of aliphatic hydroxyl groups is 1. The molecule has 1 saturated carbocycles. The van der Waals surface area contributed by atoms with Crippen LogP contribution in [0.25, 0.3) is 0 Å². The minimum atomic E-state index is -0.490. The van der Waals surface area contributed by atoms with Crippen molar-refractivity contribution in [1.82, 2.24) is 5.43 Å². The van der Waals surface area contributed by atoms with E-state index in [2.05, 4.69) is 10.5 Å². The van der Waals surface area contributed by atoms with Gasteiger partial charge in [0.1, 0.15) is 0 Å². The number of rotatable bonds is 2. The number of carbonyl (C=O) groups is 1. The Balaban J connectivity index is 2.46. The number of hydrogen-bond donors (Lipinski definition) is 2. The minimum absolute atomic E-state index is 0.154. The molecule has 1 aliphatic rings. The van der Waals surface area contributed by atoms with Crippen LogP contribution in [-0.4, -0.2) is 22.8 Å². The summed E-state index contributed by atoms with van der Waals surface area (Å²) in [5.74, 6) is -0.426. The fourth-order valence-corrected chi connectivity index (χ4v) is 1.67. The first-order valence-corrected chi connectivity index (χ1v) is 5.10. The van der Waals surface area contributed by atoms with Gasteiger partial charge in [-0.3, -0.25) is 4.79 Å². The Labute approximate surface area is 84.4 Å². The summed E-state index contributed by atoms with van der Waals surface area (Å²) in [5.41, 5.74) is 3.28. The van der Waals surface area contributed by atoms with Gasteiger partial charge in [0.25, 0.3) is 0 Å². The Morgan fingerprint density at radius 3 is 2.57 bits per heavy atom. The molecule has 80 valence electrons. The molecular weight excluding hydrogens is 180 g/mol. The van der Waals surface area contributed by atoms with Crippen molar-refractivity contribution in [2.24, 2.45) is 11.0 Å². The van der Waals surface area contributed by atoms with Crippen LogP contribution < -0.4 is 5.43 Å². The van der Waals surface area contributed by atoms with Gasteiger partial charge in [-0.25, -0.2) is 5.43 Å². The number of aliphatic hydroxyl groups excluding tert-OH is 1. The molecule has 2 N–H and O–H groups in total. The molecule has 0 unspecified atom stereocenters. The third kappa shape index (κ3) is 3.10. The molecule has 4 heteroatoms. The summed E-state index contributed by atoms with van der Waals surface area (Å²) in [6.07, 6.45) is 3.04. The SMILES string of the molecule is CC(C)=NNC(=O)[C@@H]1CCCC[C@H]1O. The molecule has 4 nitrogen and oxygen atoms in total. The number of nitrogens with zero attached hydrogens (tertiary/aromatic N) is 1. The van der Waals surface area contributed by atoms with Crippen LogP contribution in [0.2, 0.25) is 0 Å². The zero-order valence-electron chi connectivity index (χ0n) is 8.79. The molecule has 0 aromatic heterocycles. The highest BCUT2D eigenvalue weighted by Gasteiger charge is 2.29. The van der Waals surface area contributed by atoms with E-state index in [1.807, 2.05) is 13.8 Å². The predicted molar refractivity (Wildman–Crippen MR) is 54.9 cm³/mol. The van der Waals surface area contributed by atoms with Crippen LogP contribution >= 0.6 is 0 Å². The second-order valence-electron chi connectivity index (χ2n) is 3.99. The Morgan fingerprint density at radius 2 is 2.00 bits per heavy atom. The maximum atomic E-state index is 11.5. The Kier molecular flexibility index (Phi) is 4.07. The van der Waals surface area contributed by atoms with Crippen LogP contribution in [0, 0.1) is 5.92 Å². The van der Waals surface area contributed by atoms with Gasteiger partial charge in [0.2, 0.25) is 5.91 Å². The van der Waals surface area contributed by atoms with Crippen LogP contribution in [-0.2, 0) is 4.79 Å². The highest BCUT2D eigenvalue weighted by atomic mass is 16.3. The zero-order valence-corrected chi connectivity index (χ0v) is 8.79. The highest BCUT2D eigenvalue weighted by molar-refractivity contribution is 5.83. The summed E-state index contributed by atoms with van der Waals surface area (Å²) in [7, 11) is 0. The van der Waals surface area contributed by atoms with E-state index >= 15 is 0 Å². The van der Waals surface area contributed by atoms with E-state index in [-0.39, 0.29) is 11.8 Å². The summed E-state index contributed by atoms with van der Waals surface area (Å²) >= 11 is 0. The average molecular weight is 198 g/mol. The molecule has 1 rings (SSSR count). The number of carbonyl (C=O) groups excluding carboxylic acids is 1. The van der Waals surface area contributed by atoms with Gasteiger partial charge in [0.15, 0.2) is 0 Å². The third-order valence-electron chi connectivity index (χ3n) is 2.46. The van der Waals surface area contributed by atoms with E-state index in [1.54, 1.807) is 0 Å². The molecule has 0 aliphatic heterocycles. The van der Waals surface area contributed by atoms with E-state index < -0.39 is 6.10 Å². The molecule has 0 bridgehead atoms. The second kappa shape index (κ2) is 5.10. The topological polar surface area (TPSA) is 61.7 Å². The molecule has 14 heavy (non-hydrogen) atoms. The first kappa shape index (κ1) is 11.2. The lowest BCUT2D eigenvalue weighted by molar-refractivity contribution is -0.130. The van der Waals surface area contributed by atoms with E-state index in [0.717, 1.165) is 31.4 Å². The number of amides is 1. The monoisotopic (exact) mass is 198 g/mol. The summed E-state index contributed by atoms with van der Waals surface area (Å²) in [4.78, 5) is 11.5. The van der Waals surface area contributed by atoms with Crippen molar-refractivity contribution >= 4 is 11.6 Å². The number of hydrazone groups is 1. The lowest BCUT2D eigenvalue weighted by atomic mass is 9.86. The normalized spacial score (nSPS) is 26.8. The summed E-state index contributed by atoms with van der Waals surface area (Å²) in [5, 5.41) is 13.4. The average Bonchev–Trinajstić information content (AvgIpc) is 2.15. The van der Waals surface area contributed by atoms with Crippen molar-refractivity contribution < 1.29 is 9.90 Å². The Bertz CT molecular complexity index is 234. The van der Waals surface area contributed by atoms with Crippen molar-refractivity contribution in [1.29, 1.82) is 0 Å². The molecule has 0 aromatic carbocycles. The van der Waals surface area contributed by atoms with Gasteiger partial charge in [0.05, 0.1) is 12.0 Å². The minimum Gasteiger partial charge on any atom is -0.392 e. The fourth-order valence-electron chi connectivity index (χ4n) is 1.67. The largest absolute Gasteiger partial charge is 0.392 e. The van der Waals surface area contributed by atoms with Crippen molar-refractivity contribution in [3.05, 3.63) is 0 Å². The van der Waals surface area contributed by atoms with Crippen molar-refractivity contribution in [3.8, 4) is 0 Å². The molecule has 1 aliphatic carbocycles. The maximum absolute atomic E-state index is 11.5. The van der Waals surface area contributed by atoms with Gasteiger partial charge in [-0.15, -0.1) is 0 Å². The van der Waals surface area contributed by atoms with Crippen LogP contribution in [0.1, 0.15) is 39.5 Å². The van der Waals surface area contributed by atoms with Gasteiger partial charge >= 0.3 is 0 Å². The second-order valence-corrected chi connectivity index (χ2v) is 3.99. The van der Waals surface area contributed by atoms with E-state index in [1.165, 1.54) is 0 Å². The van der Waals surface area contributed by atoms with E-state index in [4.69, 9.17) is 0 Å². The quantitative estimate of drug-likeness (QED) is 0.514. The molecule has 1 fully saturated rings. The van der Waals surface area contributed by atoms with Crippen LogP contribution in [0.15, 0.2) is 5.10 Å². The zero-order chi connectivity index (χ0) is 10.6. The summed E-state index contributed by atoms with van der Waals surface area (Å²) < 4.78 is 0. The first-order valence-electron chi connectivity index (χ1n) is 5.10. The smallest absolute Gasteiger partial charge is 0.245 e. The molecule has 0 radical (unpaired) electrons. The molecule has 0 aromatic rings. The Morgan fingerprint density at radius 1 is 1.36 bits per heavy atom. The predicted octanol–water partition coefficient (Wildman–Crippen LogP) is 1.05. The van der Waals surface area contributed by atoms with Gasteiger partial charge < -0.3 is 5.11 Å². The van der Waals surface area contributed by atoms with Gasteiger partial charge in [-0.2, -0.15) is 5.10 Å².